The molecule has 3 heterocycles. The van der Waals surface area contributed by atoms with Crippen molar-refractivity contribution in [1.82, 2.24) is 9.88 Å². The minimum atomic E-state index is -0.214. The van der Waals surface area contributed by atoms with Gasteiger partial charge in [0, 0.05) is 36.8 Å². The number of anilines is 1. The van der Waals surface area contributed by atoms with Crippen LogP contribution in [0.4, 0.5) is 9.80 Å². The summed E-state index contributed by atoms with van der Waals surface area (Å²) in [7, 11) is 0. The van der Waals surface area contributed by atoms with Crippen molar-refractivity contribution in [3.63, 3.8) is 0 Å². The van der Waals surface area contributed by atoms with Crippen LogP contribution in [0.1, 0.15) is 47.3 Å². The molecular formula is C23H26N4O3S. The van der Waals surface area contributed by atoms with E-state index in [4.69, 9.17) is 4.74 Å². The number of likely N-dealkylation sites (tertiary alicyclic amines) is 1. The summed E-state index contributed by atoms with van der Waals surface area (Å²) in [5.74, 6) is 0.147. The van der Waals surface area contributed by atoms with E-state index in [-0.39, 0.29) is 17.9 Å². The summed E-state index contributed by atoms with van der Waals surface area (Å²) < 4.78 is 5.53. The predicted molar refractivity (Wildman–Crippen MR) is 118 cm³/mol. The van der Waals surface area contributed by atoms with Gasteiger partial charge in [-0.05, 0) is 61.6 Å². The van der Waals surface area contributed by atoms with Crippen molar-refractivity contribution >= 4 is 28.3 Å². The van der Waals surface area contributed by atoms with E-state index in [0.29, 0.717) is 30.0 Å². The summed E-state index contributed by atoms with van der Waals surface area (Å²) in [4.78, 5) is 31.5. The summed E-state index contributed by atoms with van der Waals surface area (Å²) >= 11 is 1.48. The van der Waals surface area contributed by atoms with Gasteiger partial charge in [0.2, 0.25) is 5.91 Å². The van der Waals surface area contributed by atoms with Gasteiger partial charge in [0.05, 0.1) is 12.2 Å². The number of fused-ring (bicyclic) bond motifs is 1. The number of aromatic nitrogens is 1. The number of hydrogen-bond donors (Lipinski definition) is 1. The smallest absolute Gasteiger partial charge is 0.409 e. The summed E-state index contributed by atoms with van der Waals surface area (Å²) in [6.45, 7) is 1.98. The van der Waals surface area contributed by atoms with Crippen molar-refractivity contribution in [2.24, 2.45) is 5.92 Å². The first kappa shape index (κ1) is 21.3. The van der Waals surface area contributed by atoms with Gasteiger partial charge in [-0.2, -0.15) is 5.26 Å². The maximum atomic E-state index is 12.4. The third-order valence-electron chi connectivity index (χ3n) is 5.90. The Morgan fingerprint density at radius 3 is 2.94 bits per heavy atom. The van der Waals surface area contributed by atoms with E-state index >= 15 is 0 Å². The van der Waals surface area contributed by atoms with Crippen LogP contribution in [-0.2, 0) is 28.8 Å². The molecule has 0 bridgehead atoms. The number of nitrogens with one attached hydrogen (secondary N) is 1. The SMILES string of the molecule is N#Cc1c(NC(=O)CCc2cccnc2)sc2c1CCC(COC(=O)N1CCCC1)C2. The topological polar surface area (TPSA) is 95.3 Å². The lowest BCUT2D eigenvalue weighted by atomic mass is 9.88. The maximum Gasteiger partial charge on any atom is 0.409 e. The van der Waals surface area contributed by atoms with E-state index in [1.807, 2.05) is 12.1 Å². The van der Waals surface area contributed by atoms with Crippen molar-refractivity contribution in [2.45, 2.75) is 44.9 Å². The third-order valence-corrected chi connectivity index (χ3v) is 7.07. The van der Waals surface area contributed by atoms with Gasteiger partial charge in [0.25, 0.3) is 0 Å². The number of pyridine rings is 1. The number of carbonyl (C=O) groups excluding carboxylic acids is 2. The molecule has 1 atom stereocenters. The van der Waals surface area contributed by atoms with Crippen molar-refractivity contribution in [1.29, 1.82) is 5.26 Å². The molecule has 1 aliphatic carbocycles. The molecule has 2 aromatic heterocycles. The Kier molecular flexibility index (Phi) is 6.82. The number of amides is 2. The number of carbonyl (C=O) groups is 2. The van der Waals surface area contributed by atoms with Crippen LogP contribution >= 0.6 is 11.3 Å². The predicted octanol–water partition coefficient (Wildman–Crippen LogP) is 3.92. The molecule has 1 unspecified atom stereocenters. The van der Waals surface area contributed by atoms with Gasteiger partial charge in [-0.1, -0.05) is 6.07 Å². The zero-order chi connectivity index (χ0) is 21.6. The lowest BCUT2D eigenvalue weighted by Crippen LogP contribution is -2.30. The second-order valence-corrected chi connectivity index (χ2v) is 9.21. The Morgan fingerprint density at radius 2 is 2.19 bits per heavy atom. The molecule has 2 aliphatic rings. The summed E-state index contributed by atoms with van der Waals surface area (Å²) in [6, 6.07) is 6.08. The molecule has 2 aromatic rings. The highest BCUT2D eigenvalue weighted by Gasteiger charge is 2.28. The number of hydrogen-bond acceptors (Lipinski definition) is 6. The Balaban J connectivity index is 1.33. The number of nitrogens with zero attached hydrogens (tertiary/aromatic N) is 3. The molecule has 4 rings (SSSR count). The molecule has 0 saturated carbocycles. The van der Waals surface area contributed by atoms with Crippen LogP contribution in [0.2, 0.25) is 0 Å². The van der Waals surface area contributed by atoms with Gasteiger partial charge < -0.3 is 15.0 Å². The standard InChI is InChI=1S/C23H26N4O3S/c24-13-19-18-7-5-17(15-30-23(29)27-10-1-2-11-27)12-20(18)31-22(19)26-21(28)8-6-16-4-3-9-25-14-16/h3-4,9,14,17H,1-2,5-8,10-12,15H2,(H,26,28). The van der Waals surface area contributed by atoms with Crippen LogP contribution < -0.4 is 5.32 Å². The zero-order valence-electron chi connectivity index (χ0n) is 17.4. The van der Waals surface area contributed by atoms with Crippen LogP contribution in [0, 0.1) is 17.2 Å². The van der Waals surface area contributed by atoms with E-state index < -0.39 is 0 Å². The first-order chi connectivity index (χ1) is 15.1. The van der Waals surface area contributed by atoms with Gasteiger partial charge in [0.15, 0.2) is 0 Å². The fourth-order valence-corrected chi connectivity index (χ4v) is 5.50. The van der Waals surface area contributed by atoms with Gasteiger partial charge in [0.1, 0.15) is 11.1 Å². The van der Waals surface area contributed by atoms with Crippen molar-refractivity contribution in [3.05, 3.63) is 46.1 Å². The minimum absolute atomic E-state index is 0.102. The third kappa shape index (κ3) is 5.23. The Hall–Kier alpha value is -2.92. The Labute approximate surface area is 186 Å². The summed E-state index contributed by atoms with van der Waals surface area (Å²) in [5.41, 5.74) is 2.63. The average molecular weight is 439 g/mol. The molecule has 2 amide bonds. The fraction of sp³-hybridized carbons (Fsp3) is 0.478. The summed E-state index contributed by atoms with van der Waals surface area (Å²) in [5, 5.41) is 13.2. The Morgan fingerprint density at radius 1 is 1.35 bits per heavy atom. The first-order valence-corrected chi connectivity index (χ1v) is 11.6. The lowest BCUT2D eigenvalue weighted by Gasteiger charge is -2.23. The molecule has 0 radical (unpaired) electrons. The van der Waals surface area contributed by atoms with Gasteiger partial charge >= 0.3 is 6.09 Å². The number of aryl methyl sites for hydroxylation is 1. The van der Waals surface area contributed by atoms with Gasteiger partial charge in [-0.25, -0.2) is 4.79 Å². The van der Waals surface area contributed by atoms with Crippen LogP contribution in [0.25, 0.3) is 0 Å². The second-order valence-electron chi connectivity index (χ2n) is 8.11. The van der Waals surface area contributed by atoms with E-state index in [0.717, 1.165) is 61.2 Å². The van der Waals surface area contributed by atoms with E-state index in [2.05, 4.69) is 16.4 Å². The Bertz CT molecular complexity index is 977. The lowest BCUT2D eigenvalue weighted by molar-refractivity contribution is -0.116. The largest absolute Gasteiger partial charge is 0.449 e. The van der Waals surface area contributed by atoms with E-state index in [1.54, 1.807) is 17.3 Å². The number of thiophene rings is 1. The van der Waals surface area contributed by atoms with E-state index in [9.17, 15) is 14.9 Å². The summed E-state index contributed by atoms with van der Waals surface area (Å²) in [6.07, 6.45) is 8.71. The van der Waals surface area contributed by atoms with Crippen LogP contribution in [0.3, 0.4) is 0 Å². The number of ether oxygens (including phenoxy) is 1. The maximum absolute atomic E-state index is 12.4. The van der Waals surface area contributed by atoms with Crippen LogP contribution in [0.15, 0.2) is 24.5 Å². The molecule has 7 nitrogen and oxygen atoms in total. The highest BCUT2D eigenvalue weighted by molar-refractivity contribution is 7.16. The van der Waals surface area contributed by atoms with Gasteiger partial charge in [-0.3, -0.25) is 9.78 Å². The highest BCUT2D eigenvalue weighted by atomic mass is 32.1. The van der Waals surface area contributed by atoms with E-state index in [1.165, 1.54) is 11.3 Å². The number of rotatable bonds is 6. The second kappa shape index (κ2) is 9.92. The normalized spacial score (nSPS) is 17.6. The average Bonchev–Trinajstić information content (AvgIpc) is 3.44. The highest BCUT2D eigenvalue weighted by Crippen LogP contribution is 2.39. The zero-order valence-corrected chi connectivity index (χ0v) is 18.2. The van der Waals surface area contributed by atoms with Crippen molar-refractivity contribution in [3.8, 4) is 6.07 Å². The molecule has 8 heteroatoms. The molecule has 1 fully saturated rings. The van der Waals surface area contributed by atoms with Crippen molar-refractivity contribution in [2.75, 3.05) is 25.0 Å². The quantitative estimate of drug-likeness (QED) is 0.737. The molecule has 1 N–H and O–H groups in total. The molecule has 31 heavy (non-hydrogen) atoms. The molecule has 162 valence electrons. The van der Waals surface area contributed by atoms with Crippen LogP contribution in [-0.4, -0.2) is 41.6 Å². The fourth-order valence-electron chi connectivity index (χ4n) is 4.18. The molecule has 1 aliphatic heterocycles. The van der Waals surface area contributed by atoms with Crippen LogP contribution in [0.5, 0.6) is 0 Å². The number of nitriles is 1. The molecule has 0 spiro atoms. The minimum Gasteiger partial charge on any atom is -0.449 e. The molecule has 1 saturated heterocycles. The van der Waals surface area contributed by atoms with Gasteiger partial charge in [-0.15, -0.1) is 11.3 Å². The van der Waals surface area contributed by atoms with Crippen molar-refractivity contribution < 1.29 is 14.3 Å². The monoisotopic (exact) mass is 438 g/mol. The molecular weight excluding hydrogens is 412 g/mol. The molecule has 0 aromatic carbocycles. The first-order valence-electron chi connectivity index (χ1n) is 10.8.